The Morgan fingerprint density at radius 1 is 1.20 bits per heavy atom. The van der Waals surface area contributed by atoms with E-state index >= 15 is 0 Å². The van der Waals surface area contributed by atoms with E-state index in [0.717, 1.165) is 11.1 Å². The van der Waals surface area contributed by atoms with Gasteiger partial charge >= 0.3 is 0 Å². The predicted molar refractivity (Wildman–Crippen MR) is 110 cm³/mol. The molecule has 5 rings (SSSR count). The van der Waals surface area contributed by atoms with Crippen LogP contribution >= 0.6 is 11.6 Å². The Hall–Kier alpha value is -2.84. The Bertz CT molecular complexity index is 1110. The van der Waals surface area contributed by atoms with Gasteiger partial charge in [-0.3, -0.25) is 4.79 Å². The van der Waals surface area contributed by atoms with Crippen LogP contribution in [0.2, 0.25) is 5.02 Å². The number of fused-ring (bicyclic) bond motifs is 3. The van der Waals surface area contributed by atoms with Crippen LogP contribution in [0.1, 0.15) is 29.9 Å². The van der Waals surface area contributed by atoms with Gasteiger partial charge in [0.2, 0.25) is 0 Å². The summed E-state index contributed by atoms with van der Waals surface area (Å²) in [6.45, 7) is 5.28. The Morgan fingerprint density at radius 3 is 2.57 bits per heavy atom. The third kappa shape index (κ3) is 2.34. The standard InChI is InChI=1S/C21H21ClN4O4/c1-19(2)20(8-28-9-20)21(10-29-18(24)26-21)14-5-11(3-4-15(14)30-19)13-6-12(22)7-25-16(13)17(23)27/h3-7H,8-10H2,1-2H3,(H2,23,27)(H2,24,26)/t21-/m0/s1. The van der Waals surface area contributed by atoms with Gasteiger partial charge in [-0.2, -0.15) is 0 Å². The van der Waals surface area contributed by atoms with Gasteiger partial charge in [0.25, 0.3) is 11.9 Å². The molecule has 0 radical (unpaired) electrons. The maximum absolute atomic E-state index is 11.9. The van der Waals surface area contributed by atoms with Crippen molar-refractivity contribution in [3.8, 4) is 16.9 Å². The van der Waals surface area contributed by atoms with Crippen LogP contribution in [0, 0.1) is 5.41 Å². The van der Waals surface area contributed by atoms with Gasteiger partial charge < -0.3 is 25.7 Å². The van der Waals surface area contributed by atoms with Crippen LogP contribution in [0.3, 0.4) is 0 Å². The van der Waals surface area contributed by atoms with E-state index in [2.05, 4.69) is 4.98 Å². The fourth-order valence-electron chi connectivity index (χ4n) is 4.80. The molecular weight excluding hydrogens is 408 g/mol. The molecule has 156 valence electrons. The minimum absolute atomic E-state index is 0.137. The molecular formula is C21H21ClN4O4. The summed E-state index contributed by atoms with van der Waals surface area (Å²) < 4.78 is 17.7. The fraction of sp³-hybridized carbons (Fsp3) is 0.381. The molecule has 4 N–H and O–H groups in total. The quantitative estimate of drug-likeness (QED) is 0.756. The lowest BCUT2D eigenvalue weighted by Gasteiger charge is -2.61. The highest BCUT2D eigenvalue weighted by atomic mass is 35.5. The fourth-order valence-corrected chi connectivity index (χ4v) is 4.96. The number of rotatable bonds is 2. The number of hydrogen-bond acceptors (Lipinski definition) is 7. The number of halogens is 1. The van der Waals surface area contributed by atoms with Crippen LogP contribution in [0.4, 0.5) is 0 Å². The Labute approximate surface area is 178 Å². The number of nitrogens with two attached hydrogens (primary N) is 2. The van der Waals surface area contributed by atoms with Gasteiger partial charge in [-0.15, -0.1) is 0 Å². The number of aromatic nitrogens is 1. The summed E-state index contributed by atoms with van der Waals surface area (Å²) in [7, 11) is 0. The first-order valence-corrected chi connectivity index (χ1v) is 9.92. The van der Waals surface area contributed by atoms with Gasteiger partial charge in [0.1, 0.15) is 29.2 Å². The van der Waals surface area contributed by atoms with Crippen LogP contribution < -0.4 is 16.2 Å². The lowest BCUT2D eigenvalue weighted by atomic mass is 9.55. The largest absolute Gasteiger partial charge is 0.487 e. The zero-order chi connectivity index (χ0) is 21.3. The molecule has 1 fully saturated rings. The van der Waals surface area contributed by atoms with Crippen molar-refractivity contribution in [3.05, 3.63) is 46.7 Å². The highest BCUT2D eigenvalue weighted by Gasteiger charge is 2.71. The maximum Gasteiger partial charge on any atom is 0.283 e. The van der Waals surface area contributed by atoms with Crippen LogP contribution in [-0.2, 0) is 15.0 Å². The minimum Gasteiger partial charge on any atom is -0.487 e. The molecule has 3 aliphatic rings. The summed E-state index contributed by atoms with van der Waals surface area (Å²) in [6, 6.07) is 7.44. The molecule has 0 bridgehead atoms. The van der Waals surface area contributed by atoms with E-state index in [0.29, 0.717) is 29.5 Å². The molecule has 9 heteroatoms. The zero-order valence-corrected chi connectivity index (χ0v) is 17.3. The Morgan fingerprint density at radius 2 is 1.97 bits per heavy atom. The van der Waals surface area contributed by atoms with Crippen LogP contribution in [-0.4, -0.2) is 42.3 Å². The first-order chi connectivity index (χ1) is 14.2. The molecule has 30 heavy (non-hydrogen) atoms. The number of amides is 1. The summed E-state index contributed by atoms with van der Waals surface area (Å²) in [5.74, 6) is 0.0424. The smallest absolute Gasteiger partial charge is 0.283 e. The number of amidine groups is 1. The first-order valence-electron chi connectivity index (χ1n) is 9.54. The van der Waals surface area contributed by atoms with Crippen molar-refractivity contribution in [3.63, 3.8) is 0 Å². The molecule has 2 spiro atoms. The number of pyridine rings is 1. The number of primary amides is 1. The van der Waals surface area contributed by atoms with Gasteiger partial charge in [-0.1, -0.05) is 17.7 Å². The molecule has 0 unspecified atom stereocenters. The molecule has 3 aliphatic heterocycles. The van der Waals surface area contributed by atoms with Crippen molar-refractivity contribution in [1.29, 1.82) is 0 Å². The summed E-state index contributed by atoms with van der Waals surface area (Å²) in [5.41, 5.74) is 11.9. The SMILES string of the molecule is CC1(C)Oc2ccc(-c3cc(Cl)cnc3C(N)=O)cc2[C@@]2(COC(N)=N2)C12COC2. The highest BCUT2D eigenvalue weighted by molar-refractivity contribution is 6.30. The third-order valence-electron chi connectivity index (χ3n) is 6.56. The molecule has 1 aromatic carbocycles. The molecule has 1 saturated heterocycles. The average Bonchev–Trinajstić information content (AvgIpc) is 3.01. The van der Waals surface area contributed by atoms with Crippen molar-refractivity contribution < 1.29 is 19.0 Å². The number of aliphatic imine (C=N–C) groups is 1. The van der Waals surface area contributed by atoms with Crippen LogP contribution in [0.25, 0.3) is 11.1 Å². The minimum atomic E-state index is -0.776. The monoisotopic (exact) mass is 428 g/mol. The van der Waals surface area contributed by atoms with Crippen LogP contribution in [0.5, 0.6) is 5.75 Å². The number of carbonyl (C=O) groups excluding carboxylic acids is 1. The van der Waals surface area contributed by atoms with Crippen molar-refractivity contribution >= 4 is 23.5 Å². The van der Waals surface area contributed by atoms with Crippen LogP contribution in [0.15, 0.2) is 35.5 Å². The van der Waals surface area contributed by atoms with E-state index in [-0.39, 0.29) is 18.3 Å². The first kappa shape index (κ1) is 19.1. The molecule has 2 aromatic rings. The molecule has 8 nitrogen and oxygen atoms in total. The number of nitrogens with zero attached hydrogens (tertiary/aromatic N) is 2. The molecule has 1 aromatic heterocycles. The average molecular weight is 429 g/mol. The van der Waals surface area contributed by atoms with E-state index < -0.39 is 22.5 Å². The van der Waals surface area contributed by atoms with Crippen molar-refractivity contribution in [2.24, 2.45) is 21.9 Å². The normalized spacial score (nSPS) is 25.1. The number of benzene rings is 1. The maximum atomic E-state index is 11.9. The van der Waals surface area contributed by atoms with E-state index in [9.17, 15) is 4.79 Å². The van der Waals surface area contributed by atoms with Gasteiger partial charge in [0.15, 0.2) is 0 Å². The summed E-state index contributed by atoms with van der Waals surface area (Å²) >= 11 is 6.15. The van der Waals surface area contributed by atoms with Gasteiger partial charge in [-0.05, 0) is 37.6 Å². The number of hydrogen-bond donors (Lipinski definition) is 2. The van der Waals surface area contributed by atoms with Gasteiger partial charge in [-0.25, -0.2) is 9.98 Å². The Balaban J connectivity index is 1.76. The molecule has 1 amide bonds. The predicted octanol–water partition coefficient (Wildman–Crippen LogP) is 2.23. The summed E-state index contributed by atoms with van der Waals surface area (Å²) in [4.78, 5) is 20.8. The zero-order valence-electron chi connectivity index (χ0n) is 16.6. The second kappa shape index (κ2) is 6.09. The van der Waals surface area contributed by atoms with E-state index in [1.54, 1.807) is 6.07 Å². The van der Waals surface area contributed by atoms with Crippen molar-refractivity contribution in [2.45, 2.75) is 25.0 Å². The van der Waals surface area contributed by atoms with Crippen molar-refractivity contribution in [2.75, 3.05) is 19.8 Å². The summed E-state index contributed by atoms with van der Waals surface area (Å²) in [6.07, 6.45) is 1.40. The second-order valence-corrected chi connectivity index (χ2v) is 8.85. The lowest BCUT2D eigenvalue weighted by molar-refractivity contribution is -0.247. The van der Waals surface area contributed by atoms with Gasteiger partial charge in [0, 0.05) is 17.3 Å². The lowest BCUT2D eigenvalue weighted by Crippen LogP contribution is -2.71. The topological polar surface area (TPSA) is 122 Å². The molecule has 0 aliphatic carbocycles. The highest BCUT2D eigenvalue weighted by Crippen LogP contribution is 2.62. The molecule has 1 atom stereocenters. The second-order valence-electron chi connectivity index (χ2n) is 8.41. The third-order valence-corrected chi connectivity index (χ3v) is 6.77. The van der Waals surface area contributed by atoms with Crippen molar-refractivity contribution in [1.82, 2.24) is 4.98 Å². The number of ether oxygens (including phenoxy) is 3. The Kier molecular flexibility index (Phi) is 3.88. The molecule has 4 heterocycles. The van der Waals surface area contributed by atoms with E-state index in [4.69, 9.17) is 42.3 Å². The van der Waals surface area contributed by atoms with E-state index in [1.807, 2.05) is 32.0 Å². The number of carbonyl (C=O) groups is 1. The summed E-state index contributed by atoms with van der Waals surface area (Å²) in [5, 5.41) is 0.398. The molecule has 0 saturated carbocycles. The van der Waals surface area contributed by atoms with Gasteiger partial charge in [0.05, 0.1) is 23.7 Å². The van der Waals surface area contributed by atoms with E-state index in [1.165, 1.54) is 6.20 Å².